The molecule has 0 aliphatic carbocycles. The Morgan fingerprint density at radius 2 is 2.02 bits per heavy atom. The molecule has 0 saturated carbocycles. The Morgan fingerprint density at radius 1 is 1.25 bits per heavy atom. The van der Waals surface area contributed by atoms with Crippen molar-refractivity contribution >= 4 is 60.9 Å². The van der Waals surface area contributed by atoms with Crippen LogP contribution in [0.25, 0.3) is 32.2 Å². The molecule has 6 rings (SSSR count). The zero-order chi connectivity index (χ0) is 31.3. The highest BCUT2D eigenvalue weighted by Crippen LogP contribution is 2.42. The molecule has 16 heteroatoms. The van der Waals surface area contributed by atoms with E-state index >= 15 is 4.39 Å². The topological polar surface area (TPSA) is 119 Å². The highest BCUT2D eigenvalue weighted by Gasteiger charge is 2.34. The minimum Gasteiger partial charge on any atom is -0.462 e. The van der Waals surface area contributed by atoms with Gasteiger partial charge in [0.15, 0.2) is 10.9 Å². The number of carbonyl (C=O) groups excluding carboxylic acids is 1. The van der Waals surface area contributed by atoms with Crippen LogP contribution in [0, 0.1) is 11.6 Å². The zero-order valence-electron chi connectivity index (χ0n) is 23.2. The summed E-state index contributed by atoms with van der Waals surface area (Å²) >= 11 is 7.58. The number of likely N-dealkylation sites (N-methyl/N-ethyl adjacent to an activating group) is 1. The molecule has 2 aromatic heterocycles. The number of carbonyl (C=O) groups is 1. The third-order valence-electron chi connectivity index (χ3n) is 7.70. The van der Waals surface area contributed by atoms with Crippen molar-refractivity contribution in [3.05, 3.63) is 47.5 Å². The molecule has 44 heavy (non-hydrogen) atoms. The molecule has 4 aromatic rings. The Kier molecular flexibility index (Phi) is 8.22. The highest BCUT2D eigenvalue weighted by atomic mass is 35.5. The lowest BCUT2D eigenvalue weighted by Gasteiger charge is -2.39. The van der Waals surface area contributed by atoms with Crippen LogP contribution in [-0.2, 0) is 9.53 Å². The van der Waals surface area contributed by atoms with Gasteiger partial charge in [-0.05, 0) is 37.7 Å². The molecule has 2 atom stereocenters. The van der Waals surface area contributed by atoms with E-state index in [1.54, 1.807) is 11.9 Å². The first-order valence-electron chi connectivity index (χ1n) is 13.5. The number of fused-ring (bicyclic) bond motifs is 2. The summed E-state index contributed by atoms with van der Waals surface area (Å²) in [5.74, 6) is -1.37. The molecule has 2 saturated heterocycles. The minimum absolute atomic E-state index is 0.00419. The average Bonchev–Trinajstić information content (AvgIpc) is 3.51. The van der Waals surface area contributed by atoms with Crippen LogP contribution >= 0.6 is 22.9 Å². The minimum atomic E-state index is -2.89. The van der Waals surface area contributed by atoms with E-state index in [4.69, 9.17) is 22.1 Å². The molecule has 4 heterocycles. The van der Waals surface area contributed by atoms with Gasteiger partial charge in [0.2, 0.25) is 5.91 Å². The number of ether oxygens (including phenoxy) is 2. The number of benzene rings is 2. The van der Waals surface area contributed by atoms with Crippen molar-refractivity contribution in [2.45, 2.75) is 31.2 Å². The van der Waals surface area contributed by atoms with Gasteiger partial charge < -0.3 is 25.4 Å². The van der Waals surface area contributed by atoms with Gasteiger partial charge in [-0.15, -0.1) is 0 Å². The first kappa shape index (κ1) is 30.2. The summed E-state index contributed by atoms with van der Waals surface area (Å²) in [5, 5.41) is 3.57. The van der Waals surface area contributed by atoms with Crippen molar-refractivity contribution in [2.24, 2.45) is 0 Å². The Hall–Kier alpha value is -3.79. The number of nitrogens with zero attached hydrogens (tertiary/aromatic N) is 5. The van der Waals surface area contributed by atoms with Crippen molar-refractivity contribution < 1.29 is 31.8 Å². The molecule has 0 radical (unpaired) electrons. The van der Waals surface area contributed by atoms with Crippen LogP contribution < -0.4 is 15.8 Å². The zero-order valence-corrected chi connectivity index (χ0v) is 24.8. The van der Waals surface area contributed by atoms with Gasteiger partial charge >= 0.3 is 12.6 Å². The summed E-state index contributed by atoms with van der Waals surface area (Å²) in [4.78, 5) is 28.4. The molecular weight excluding hydrogens is 626 g/mol. The number of alkyl halides is 2. The fraction of sp³-hybridized carbons (Fsp3) is 0.357. The number of hydrogen-bond acceptors (Lipinski definition) is 10. The standard InChI is InChI=1S/C28H26ClF4N7O3S/c1-3-19(41)40-8-12(9-40)35-25-16-7-17(29)20(15-4-5-18(30)24-23(15)36-27(34)44-24)21(31)22(16)37-28(38-25)42-11-13-6-14(10-39(13)2)43-26(32)33/h3-5,7,12-14,26H,1,6,8-11H2,2H3,(H2,34,36)(H,35,37,38). The summed E-state index contributed by atoms with van der Waals surface area (Å²) < 4.78 is 67.2. The van der Waals surface area contributed by atoms with Crippen molar-refractivity contribution in [3.8, 4) is 17.1 Å². The summed E-state index contributed by atoms with van der Waals surface area (Å²) in [6.45, 7) is 1.63. The quantitative estimate of drug-likeness (QED) is 0.192. The second-order valence-corrected chi connectivity index (χ2v) is 12.0. The molecule has 0 bridgehead atoms. The number of nitrogen functional groups attached to an aromatic ring is 1. The Bertz CT molecular complexity index is 1770. The van der Waals surface area contributed by atoms with Gasteiger partial charge in [-0.2, -0.15) is 18.7 Å². The maximum absolute atomic E-state index is 16.5. The van der Waals surface area contributed by atoms with E-state index < -0.39 is 24.3 Å². The van der Waals surface area contributed by atoms with Gasteiger partial charge in [0, 0.05) is 42.2 Å². The normalized spacial score (nSPS) is 19.2. The number of nitrogens with two attached hydrogens (primary N) is 1. The fourth-order valence-corrected chi connectivity index (χ4v) is 6.56. The summed E-state index contributed by atoms with van der Waals surface area (Å²) in [7, 11) is 1.76. The van der Waals surface area contributed by atoms with Crippen molar-refractivity contribution in [3.63, 3.8) is 0 Å². The first-order chi connectivity index (χ1) is 21.0. The number of thiazole rings is 1. The molecule has 3 N–H and O–H groups in total. The Balaban J connectivity index is 1.38. The van der Waals surface area contributed by atoms with Gasteiger partial charge in [-0.3, -0.25) is 9.69 Å². The maximum Gasteiger partial charge on any atom is 0.345 e. The summed E-state index contributed by atoms with van der Waals surface area (Å²) in [5.41, 5.74) is 6.03. The highest BCUT2D eigenvalue weighted by molar-refractivity contribution is 7.22. The number of halogens is 5. The molecule has 2 aromatic carbocycles. The monoisotopic (exact) mass is 651 g/mol. The molecule has 232 valence electrons. The van der Waals surface area contributed by atoms with E-state index in [2.05, 4.69) is 31.6 Å². The number of amides is 1. The lowest BCUT2D eigenvalue weighted by Crippen LogP contribution is -2.56. The van der Waals surface area contributed by atoms with Crippen molar-refractivity contribution in [2.75, 3.05) is 44.3 Å². The number of likely N-dealkylation sites (tertiary alicyclic amines) is 2. The third-order valence-corrected chi connectivity index (χ3v) is 8.89. The number of aromatic nitrogens is 3. The second-order valence-electron chi connectivity index (χ2n) is 10.6. The molecule has 10 nitrogen and oxygen atoms in total. The molecule has 2 fully saturated rings. The molecule has 2 unspecified atom stereocenters. The Labute approximate surface area is 257 Å². The van der Waals surface area contributed by atoms with Crippen LogP contribution in [-0.4, -0.2) is 88.7 Å². The van der Waals surface area contributed by atoms with E-state index in [0.717, 1.165) is 11.3 Å². The van der Waals surface area contributed by atoms with Crippen molar-refractivity contribution in [1.29, 1.82) is 0 Å². The second kappa shape index (κ2) is 12.0. The lowest BCUT2D eigenvalue weighted by molar-refractivity contribution is -0.158. The Morgan fingerprint density at radius 3 is 2.75 bits per heavy atom. The molecule has 2 aliphatic rings. The molecular formula is C28H26ClF4N7O3S. The molecule has 0 spiro atoms. The average molecular weight is 652 g/mol. The van der Waals surface area contributed by atoms with Crippen LogP contribution in [0.2, 0.25) is 5.02 Å². The van der Waals surface area contributed by atoms with E-state index in [0.29, 0.717) is 19.5 Å². The number of anilines is 2. The molecule has 2 aliphatic heterocycles. The van der Waals surface area contributed by atoms with E-state index in [-0.39, 0.29) is 85.4 Å². The van der Waals surface area contributed by atoms with Crippen LogP contribution in [0.1, 0.15) is 6.42 Å². The first-order valence-corrected chi connectivity index (χ1v) is 14.7. The maximum atomic E-state index is 16.5. The summed E-state index contributed by atoms with van der Waals surface area (Å²) in [6, 6.07) is 3.39. The predicted octanol–water partition coefficient (Wildman–Crippen LogP) is 4.92. The predicted molar refractivity (Wildman–Crippen MR) is 159 cm³/mol. The molecule has 1 amide bonds. The third kappa shape index (κ3) is 5.72. The summed E-state index contributed by atoms with van der Waals surface area (Å²) in [6.07, 6.45) is 0.844. The van der Waals surface area contributed by atoms with Gasteiger partial charge in [-0.1, -0.05) is 29.5 Å². The van der Waals surface area contributed by atoms with Gasteiger partial charge in [-0.25, -0.2) is 13.8 Å². The van der Waals surface area contributed by atoms with Gasteiger partial charge in [0.25, 0.3) is 0 Å². The SMILES string of the molecule is C=CC(=O)N1CC(Nc2nc(OCC3CC(OC(F)F)CN3C)nc3c(F)c(-c4ccc(F)c5sc(N)nc45)c(Cl)cc23)C1. The van der Waals surface area contributed by atoms with Gasteiger partial charge in [0.1, 0.15) is 23.8 Å². The number of rotatable bonds is 9. The smallest absolute Gasteiger partial charge is 0.345 e. The van der Waals surface area contributed by atoms with Crippen LogP contribution in [0.15, 0.2) is 30.9 Å². The van der Waals surface area contributed by atoms with Crippen LogP contribution in [0.3, 0.4) is 0 Å². The van der Waals surface area contributed by atoms with E-state index in [1.807, 2.05) is 4.90 Å². The number of nitrogens with one attached hydrogen (secondary N) is 1. The number of hydrogen-bond donors (Lipinski definition) is 2. The van der Waals surface area contributed by atoms with Crippen LogP contribution in [0.5, 0.6) is 6.01 Å². The van der Waals surface area contributed by atoms with Gasteiger partial charge in [0.05, 0.1) is 27.4 Å². The lowest BCUT2D eigenvalue weighted by atomic mass is 10.0. The van der Waals surface area contributed by atoms with E-state index in [9.17, 15) is 18.0 Å². The van der Waals surface area contributed by atoms with Crippen molar-refractivity contribution in [1.82, 2.24) is 24.8 Å². The fourth-order valence-electron chi connectivity index (χ4n) is 5.50. The largest absolute Gasteiger partial charge is 0.462 e. The van der Waals surface area contributed by atoms with E-state index in [1.165, 1.54) is 24.3 Å². The van der Waals surface area contributed by atoms with Crippen LogP contribution in [0.4, 0.5) is 28.5 Å².